The van der Waals surface area contributed by atoms with Gasteiger partial charge in [0.25, 0.3) is 0 Å². The van der Waals surface area contributed by atoms with Gasteiger partial charge in [0, 0.05) is 21.6 Å². The third-order valence-corrected chi connectivity index (χ3v) is 11.6. The van der Waals surface area contributed by atoms with Crippen LogP contribution < -0.4 is 9.61 Å². The number of fused-ring (bicyclic) bond motifs is 9. The molecule has 200 valence electrons. The number of nitrogens with one attached hydrogen (secondary N) is 1. The molecule has 2 aliphatic heterocycles. The topological polar surface area (TPSA) is 117 Å². The number of carboxylic acids is 1. The summed E-state index contributed by atoms with van der Waals surface area (Å²) in [6, 6.07) is 16.0. The van der Waals surface area contributed by atoms with Gasteiger partial charge < -0.3 is 14.8 Å². The Labute approximate surface area is 232 Å². The lowest BCUT2D eigenvalue weighted by atomic mass is 9.68. The molecule has 3 aromatic rings. The fourth-order valence-corrected chi connectivity index (χ4v) is 10.4. The zero-order valence-corrected chi connectivity index (χ0v) is 22.7. The number of hydrogen-bond donors (Lipinski definition) is 2. The van der Waals surface area contributed by atoms with Gasteiger partial charge in [-0.2, -0.15) is 0 Å². The Morgan fingerprint density at radius 1 is 1.05 bits per heavy atom. The summed E-state index contributed by atoms with van der Waals surface area (Å²) >= 11 is 2.81. The second-order valence-corrected chi connectivity index (χ2v) is 13.1. The molecular formula is C29H26N2O6S2. The van der Waals surface area contributed by atoms with Crippen LogP contribution >= 0.6 is 23.1 Å². The van der Waals surface area contributed by atoms with Crippen LogP contribution in [0.1, 0.15) is 33.9 Å². The summed E-state index contributed by atoms with van der Waals surface area (Å²) in [5, 5.41) is 10.2. The molecule has 6 unspecified atom stereocenters. The first kappa shape index (κ1) is 24.7. The summed E-state index contributed by atoms with van der Waals surface area (Å²) in [6.45, 7) is 1.87. The van der Waals surface area contributed by atoms with Crippen molar-refractivity contribution in [1.29, 1.82) is 0 Å². The predicted molar refractivity (Wildman–Crippen MR) is 145 cm³/mol. The molecule has 8 nitrogen and oxygen atoms in total. The van der Waals surface area contributed by atoms with Gasteiger partial charge in [0.2, 0.25) is 11.8 Å². The highest BCUT2D eigenvalue weighted by Gasteiger charge is 2.69. The minimum absolute atomic E-state index is 0.0185. The SMILES string of the molecule is Cc1ccccc1COc1ccccc1[C@H]1c2sc(=O)[nH]c2SC2C3CC(C4C(=O)N(CC(=O)O)C(=O)C34)C21. The minimum Gasteiger partial charge on any atom is -0.489 e. The number of para-hydroxylation sites is 1. The van der Waals surface area contributed by atoms with Crippen molar-refractivity contribution in [3.8, 4) is 5.75 Å². The zero-order valence-electron chi connectivity index (χ0n) is 21.0. The Bertz CT molecular complexity index is 1580. The van der Waals surface area contributed by atoms with Crippen LogP contribution in [0.2, 0.25) is 0 Å². The summed E-state index contributed by atoms with van der Waals surface area (Å²) in [7, 11) is 0. The second kappa shape index (κ2) is 9.09. The number of carbonyl (C=O) groups is 3. The first-order valence-corrected chi connectivity index (χ1v) is 14.8. The van der Waals surface area contributed by atoms with Crippen molar-refractivity contribution in [2.24, 2.45) is 29.6 Å². The number of amides is 2. The summed E-state index contributed by atoms with van der Waals surface area (Å²) in [5.74, 6) is -2.45. The molecule has 2 aromatic carbocycles. The molecule has 2 amide bonds. The third-order valence-electron chi connectivity index (χ3n) is 9.01. The lowest BCUT2D eigenvalue weighted by Crippen LogP contribution is -2.42. The molecule has 4 aliphatic rings. The number of nitrogens with zero attached hydrogens (tertiary/aromatic N) is 1. The van der Waals surface area contributed by atoms with Crippen molar-refractivity contribution in [3.63, 3.8) is 0 Å². The van der Waals surface area contributed by atoms with Gasteiger partial charge in [0.1, 0.15) is 18.9 Å². The van der Waals surface area contributed by atoms with Crippen LogP contribution in [0.3, 0.4) is 0 Å². The molecule has 39 heavy (non-hydrogen) atoms. The lowest BCUT2D eigenvalue weighted by Gasteiger charge is -2.43. The van der Waals surface area contributed by atoms with Crippen LogP contribution in [0.5, 0.6) is 5.75 Å². The van der Waals surface area contributed by atoms with E-state index < -0.39 is 24.3 Å². The maximum absolute atomic E-state index is 13.4. The number of thioether (sulfide) groups is 1. The standard InChI is InChI=1S/C29H26N2O6S2/c1-13-6-2-3-7-14(13)12-37-18-9-5-4-8-15(18)20-21-16-10-17(24(21)38-26-25(20)39-29(36)30-26)23-22(16)27(34)31(28(23)35)11-19(32)33/h2-9,16-17,20-24H,10-12H2,1H3,(H,30,36)(H,32,33)/t16?,17?,20-,21?,22?,23?,24?/m1/s1. The predicted octanol–water partition coefficient (Wildman–Crippen LogP) is 3.88. The van der Waals surface area contributed by atoms with E-state index in [1.165, 1.54) is 11.3 Å². The molecule has 2 saturated carbocycles. The fraction of sp³-hybridized carbons (Fsp3) is 0.379. The van der Waals surface area contributed by atoms with E-state index in [9.17, 15) is 24.3 Å². The molecule has 7 rings (SSSR count). The highest BCUT2D eigenvalue weighted by Crippen LogP contribution is 2.69. The molecule has 0 spiro atoms. The zero-order chi connectivity index (χ0) is 27.0. The first-order chi connectivity index (χ1) is 18.8. The van der Waals surface area contributed by atoms with Gasteiger partial charge in [-0.1, -0.05) is 53.8 Å². The second-order valence-electron chi connectivity index (χ2n) is 10.9. The van der Waals surface area contributed by atoms with E-state index in [1.807, 2.05) is 42.5 Å². The maximum Gasteiger partial charge on any atom is 0.323 e. The number of aromatic amines is 1. The van der Waals surface area contributed by atoms with Gasteiger partial charge in [0.05, 0.1) is 16.9 Å². The highest BCUT2D eigenvalue weighted by atomic mass is 32.2. The molecule has 3 fully saturated rings. The monoisotopic (exact) mass is 562 g/mol. The summed E-state index contributed by atoms with van der Waals surface area (Å²) in [5.41, 5.74) is 3.21. The Hall–Kier alpha value is -3.37. The van der Waals surface area contributed by atoms with E-state index in [1.54, 1.807) is 11.8 Å². The summed E-state index contributed by atoms with van der Waals surface area (Å²) < 4.78 is 6.41. The number of carbonyl (C=O) groups excluding carboxylic acids is 2. The Morgan fingerprint density at radius 2 is 1.77 bits per heavy atom. The van der Waals surface area contributed by atoms with Crippen molar-refractivity contribution >= 4 is 40.9 Å². The summed E-state index contributed by atoms with van der Waals surface area (Å²) in [6.07, 6.45) is 0.748. The fourth-order valence-electron chi connectivity index (χ4n) is 7.51. The number of aliphatic carboxylic acids is 1. The van der Waals surface area contributed by atoms with Gasteiger partial charge >= 0.3 is 10.8 Å². The first-order valence-electron chi connectivity index (χ1n) is 13.1. The number of aromatic nitrogens is 1. The Balaban J connectivity index is 1.29. The number of likely N-dealkylation sites (tertiary alicyclic amines) is 1. The molecule has 3 heterocycles. The van der Waals surface area contributed by atoms with Crippen LogP contribution in [0.4, 0.5) is 0 Å². The lowest BCUT2D eigenvalue weighted by molar-refractivity contribution is -0.149. The molecule has 2 N–H and O–H groups in total. The molecule has 1 saturated heterocycles. The van der Waals surface area contributed by atoms with E-state index in [2.05, 4.69) is 18.0 Å². The largest absolute Gasteiger partial charge is 0.489 e. The highest BCUT2D eigenvalue weighted by molar-refractivity contribution is 8.00. The van der Waals surface area contributed by atoms with Gasteiger partial charge in [0.15, 0.2) is 0 Å². The Morgan fingerprint density at radius 3 is 2.54 bits per heavy atom. The number of ether oxygens (including phenoxy) is 1. The van der Waals surface area contributed by atoms with Crippen molar-refractivity contribution in [3.05, 3.63) is 79.8 Å². The molecule has 2 bridgehead atoms. The van der Waals surface area contributed by atoms with E-state index in [-0.39, 0.29) is 45.6 Å². The number of rotatable bonds is 6. The third kappa shape index (κ3) is 3.71. The number of aryl methyl sites for hydroxylation is 1. The normalized spacial score (nSPS) is 30.3. The quantitative estimate of drug-likeness (QED) is 0.438. The minimum atomic E-state index is -1.19. The molecule has 0 radical (unpaired) electrons. The Kier molecular flexibility index (Phi) is 5.75. The molecule has 7 atom stereocenters. The average Bonchev–Trinajstić information content (AvgIpc) is 3.64. The van der Waals surface area contributed by atoms with Crippen LogP contribution in [-0.2, 0) is 21.0 Å². The van der Waals surface area contributed by atoms with E-state index >= 15 is 0 Å². The molecule has 10 heteroatoms. The molecular weight excluding hydrogens is 536 g/mol. The number of benzene rings is 2. The van der Waals surface area contributed by atoms with Crippen LogP contribution in [0.15, 0.2) is 58.4 Å². The van der Waals surface area contributed by atoms with Crippen molar-refractivity contribution in [1.82, 2.24) is 9.88 Å². The number of carboxylic acid groups (broad SMARTS) is 1. The van der Waals surface area contributed by atoms with Crippen molar-refractivity contribution < 1.29 is 24.2 Å². The molecule has 2 aliphatic carbocycles. The average molecular weight is 563 g/mol. The van der Waals surface area contributed by atoms with Gasteiger partial charge in [-0.05, 0) is 48.3 Å². The number of H-pyrrole nitrogens is 1. The van der Waals surface area contributed by atoms with Gasteiger partial charge in [-0.3, -0.25) is 24.1 Å². The van der Waals surface area contributed by atoms with Gasteiger partial charge in [-0.15, -0.1) is 11.8 Å². The maximum atomic E-state index is 13.4. The number of imide groups is 1. The van der Waals surface area contributed by atoms with E-state index in [0.717, 1.165) is 43.7 Å². The smallest absolute Gasteiger partial charge is 0.323 e. The van der Waals surface area contributed by atoms with Crippen molar-refractivity contribution in [2.75, 3.05) is 6.54 Å². The van der Waals surface area contributed by atoms with Crippen LogP contribution in [-0.4, -0.2) is 44.6 Å². The summed E-state index contributed by atoms with van der Waals surface area (Å²) in [4.78, 5) is 55.4. The van der Waals surface area contributed by atoms with Crippen LogP contribution in [0.25, 0.3) is 0 Å². The van der Waals surface area contributed by atoms with Crippen molar-refractivity contribution in [2.45, 2.75) is 36.1 Å². The van der Waals surface area contributed by atoms with E-state index in [4.69, 9.17) is 4.74 Å². The van der Waals surface area contributed by atoms with Gasteiger partial charge in [-0.25, -0.2) is 0 Å². The van der Waals surface area contributed by atoms with E-state index in [0.29, 0.717) is 6.61 Å². The number of hydrogen-bond acceptors (Lipinski definition) is 7. The molecule has 1 aromatic heterocycles. The van der Waals surface area contributed by atoms with Crippen LogP contribution in [0, 0.1) is 36.5 Å². The number of thiazole rings is 1.